The molecule has 2 aromatic rings. The number of hydrogen-bond acceptors (Lipinski definition) is 5. The molecule has 1 aliphatic rings. The van der Waals surface area contributed by atoms with Crippen molar-refractivity contribution in [1.29, 1.82) is 0 Å². The lowest BCUT2D eigenvalue weighted by molar-refractivity contribution is 0.273. The molecule has 112 valence electrons. The number of rotatable bonds is 5. The zero-order valence-corrected chi connectivity index (χ0v) is 13.1. The third-order valence-corrected chi connectivity index (χ3v) is 4.67. The van der Waals surface area contributed by atoms with E-state index < -0.39 is 0 Å². The van der Waals surface area contributed by atoms with Crippen LogP contribution >= 0.6 is 11.8 Å². The van der Waals surface area contributed by atoms with E-state index in [9.17, 15) is 0 Å². The molecule has 0 spiro atoms. The Morgan fingerprint density at radius 3 is 2.57 bits per heavy atom. The van der Waals surface area contributed by atoms with Crippen molar-refractivity contribution in [2.75, 3.05) is 43.4 Å². The number of piperazine rings is 1. The molecule has 0 atom stereocenters. The van der Waals surface area contributed by atoms with Crippen LogP contribution in [0.3, 0.4) is 0 Å². The number of H-pyrrole nitrogens is 1. The lowest BCUT2D eigenvalue weighted by atomic mass is 10.2. The summed E-state index contributed by atoms with van der Waals surface area (Å²) in [6.45, 7) is 7.71. The molecule has 1 aliphatic heterocycles. The molecule has 0 unspecified atom stereocenters. The molecule has 1 N–H and O–H groups in total. The Hall–Kier alpha value is -1.53. The first-order valence-corrected chi connectivity index (χ1v) is 8.32. The number of nitrogens with one attached hydrogen (secondary N) is 1. The Bertz CT molecular complexity index is 532. The molecule has 0 radical (unpaired) electrons. The molecule has 1 aromatic carbocycles. The van der Waals surface area contributed by atoms with Crippen LogP contribution in [0.25, 0.3) is 0 Å². The minimum atomic E-state index is 0.910. The van der Waals surface area contributed by atoms with E-state index >= 15 is 0 Å². The third-order valence-electron chi connectivity index (χ3n) is 3.81. The third kappa shape index (κ3) is 3.98. The minimum Gasteiger partial charge on any atom is -0.369 e. The molecule has 1 fully saturated rings. The quantitative estimate of drug-likeness (QED) is 0.857. The van der Waals surface area contributed by atoms with E-state index in [2.05, 4.69) is 56.2 Å². The molecule has 0 bridgehead atoms. The van der Waals surface area contributed by atoms with Crippen LogP contribution < -0.4 is 4.90 Å². The van der Waals surface area contributed by atoms with Gasteiger partial charge in [-0.2, -0.15) is 5.10 Å². The molecule has 6 heteroatoms. The summed E-state index contributed by atoms with van der Waals surface area (Å²) in [6.07, 6.45) is 1.56. The van der Waals surface area contributed by atoms with E-state index in [1.54, 1.807) is 18.1 Å². The van der Waals surface area contributed by atoms with Gasteiger partial charge in [-0.25, -0.2) is 4.98 Å². The van der Waals surface area contributed by atoms with E-state index in [1.807, 2.05) is 0 Å². The van der Waals surface area contributed by atoms with Crippen molar-refractivity contribution < 1.29 is 0 Å². The minimum absolute atomic E-state index is 0.910. The number of aromatic amines is 1. The van der Waals surface area contributed by atoms with E-state index in [0.717, 1.165) is 43.6 Å². The van der Waals surface area contributed by atoms with Crippen molar-refractivity contribution in [3.63, 3.8) is 0 Å². The van der Waals surface area contributed by atoms with Crippen LogP contribution in [0.2, 0.25) is 0 Å². The summed E-state index contributed by atoms with van der Waals surface area (Å²) < 4.78 is 0. The predicted octanol–water partition coefficient (Wildman–Crippen LogP) is 2.03. The summed E-state index contributed by atoms with van der Waals surface area (Å²) in [7, 11) is 0. The van der Waals surface area contributed by atoms with Crippen molar-refractivity contribution >= 4 is 17.4 Å². The maximum absolute atomic E-state index is 4.13. The van der Waals surface area contributed by atoms with Crippen molar-refractivity contribution in [3.05, 3.63) is 36.2 Å². The van der Waals surface area contributed by atoms with Gasteiger partial charge in [0.2, 0.25) is 0 Å². The van der Waals surface area contributed by atoms with Crippen LogP contribution in [0, 0.1) is 6.92 Å². The smallest absolute Gasteiger partial charge is 0.183 e. The van der Waals surface area contributed by atoms with Gasteiger partial charge in [-0.3, -0.25) is 10.00 Å². The van der Waals surface area contributed by atoms with Gasteiger partial charge in [0.15, 0.2) is 5.16 Å². The Morgan fingerprint density at radius 2 is 1.90 bits per heavy atom. The highest BCUT2D eigenvalue weighted by atomic mass is 32.2. The van der Waals surface area contributed by atoms with Crippen LogP contribution in [0.5, 0.6) is 0 Å². The molecule has 0 aliphatic carbocycles. The highest BCUT2D eigenvalue weighted by Gasteiger charge is 2.16. The van der Waals surface area contributed by atoms with Gasteiger partial charge >= 0.3 is 0 Å². The van der Waals surface area contributed by atoms with Gasteiger partial charge in [0, 0.05) is 44.2 Å². The second kappa shape index (κ2) is 6.95. The lowest BCUT2D eigenvalue weighted by Crippen LogP contribution is -2.47. The van der Waals surface area contributed by atoms with Crippen LogP contribution in [-0.2, 0) is 0 Å². The summed E-state index contributed by atoms with van der Waals surface area (Å²) in [5.74, 6) is 1.06. The average Bonchev–Trinajstić information content (AvgIpc) is 3.02. The Kier molecular flexibility index (Phi) is 4.77. The Balaban J connectivity index is 1.41. The second-order valence-electron chi connectivity index (χ2n) is 5.30. The second-order valence-corrected chi connectivity index (χ2v) is 6.39. The first-order valence-electron chi connectivity index (χ1n) is 7.33. The van der Waals surface area contributed by atoms with Crippen LogP contribution in [0.4, 0.5) is 5.69 Å². The number of aromatic nitrogens is 3. The number of hydrogen-bond donors (Lipinski definition) is 1. The summed E-state index contributed by atoms with van der Waals surface area (Å²) in [6, 6.07) is 8.83. The Labute approximate surface area is 129 Å². The van der Waals surface area contributed by atoms with Gasteiger partial charge in [0.05, 0.1) is 0 Å². The van der Waals surface area contributed by atoms with Gasteiger partial charge < -0.3 is 4.90 Å². The predicted molar refractivity (Wildman–Crippen MR) is 86.9 cm³/mol. The number of anilines is 1. The lowest BCUT2D eigenvalue weighted by Gasteiger charge is -2.36. The fourth-order valence-electron chi connectivity index (χ4n) is 2.52. The normalized spacial score (nSPS) is 16.3. The van der Waals surface area contributed by atoms with Gasteiger partial charge in [0.1, 0.15) is 6.33 Å². The van der Waals surface area contributed by atoms with E-state index in [-0.39, 0.29) is 0 Å². The maximum atomic E-state index is 4.13. The van der Waals surface area contributed by atoms with Crippen LogP contribution in [0.1, 0.15) is 5.56 Å². The first kappa shape index (κ1) is 14.4. The van der Waals surface area contributed by atoms with E-state index in [4.69, 9.17) is 0 Å². The molecular formula is C15H21N5S. The largest absolute Gasteiger partial charge is 0.369 e. The highest BCUT2D eigenvalue weighted by molar-refractivity contribution is 7.99. The standard InChI is InChI=1S/C15H21N5S/c1-13-2-4-14(5-3-13)20-8-6-19(7-9-20)10-11-21-15-16-12-17-18-15/h2-5,12H,6-11H2,1H3,(H,16,17,18). The molecule has 0 amide bonds. The topological polar surface area (TPSA) is 48.1 Å². The number of aryl methyl sites for hydroxylation is 1. The van der Waals surface area contributed by atoms with Gasteiger partial charge in [-0.1, -0.05) is 29.5 Å². The average molecular weight is 303 g/mol. The van der Waals surface area contributed by atoms with E-state index in [0.29, 0.717) is 0 Å². The maximum Gasteiger partial charge on any atom is 0.183 e. The number of thioether (sulfide) groups is 1. The zero-order valence-electron chi connectivity index (χ0n) is 12.3. The molecule has 0 saturated carbocycles. The highest BCUT2D eigenvalue weighted by Crippen LogP contribution is 2.17. The zero-order chi connectivity index (χ0) is 14.5. The van der Waals surface area contributed by atoms with Gasteiger partial charge in [0.25, 0.3) is 0 Å². The monoisotopic (exact) mass is 303 g/mol. The Morgan fingerprint density at radius 1 is 1.14 bits per heavy atom. The molecule has 2 heterocycles. The van der Waals surface area contributed by atoms with Crippen molar-refractivity contribution in [2.24, 2.45) is 0 Å². The first-order chi connectivity index (χ1) is 10.3. The fourth-order valence-corrected chi connectivity index (χ4v) is 3.30. The van der Waals surface area contributed by atoms with Crippen LogP contribution in [-0.4, -0.2) is 58.6 Å². The van der Waals surface area contributed by atoms with Crippen molar-refractivity contribution in [2.45, 2.75) is 12.1 Å². The summed E-state index contributed by atoms with van der Waals surface area (Å²) in [5.41, 5.74) is 2.66. The summed E-state index contributed by atoms with van der Waals surface area (Å²) in [4.78, 5) is 9.12. The number of nitrogens with zero attached hydrogens (tertiary/aromatic N) is 4. The van der Waals surface area contributed by atoms with E-state index in [1.165, 1.54) is 11.3 Å². The molecular weight excluding hydrogens is 282 g/mol. The molecule has 1 aromatic heterocycles. The SMILES string of the molecule is Cc1ccc(N2CCN(CCSc3ncn[nH]3)CC2)cc1. The van der Waals surface area contributed by atoms with Crippen molar-refractivity contribution in [3.8, 4) is 0 Å². The number of benzene rings is 1. The molecule has 1 saturated heterocycles. The summed E-state index contributed by atoms with van der Waals surface area (Å²) in [5, 5.41) is 7.65. The molecule has 21 heavy (non-hydrogen) atoms. The van der Waals surface area contributed by atoms with Crippen molar-refractivity contribution in [1.82, 2.24) is 20.1 Å². The summed E-state index contributed by atoms with van der Waals surface area (Å²) >= 11 is 1.74. The van der Waals surface area contributed by atoms with Gasteiger partial charge in [-0.05, 0) is 19.1 Å². The molecule has 5 nitrogen and oxygen atoms in total. The van der Waals surface area contributed by atoms with Gasteiger partial charge in [-0.15, -0.1) is 0 Å². The van der Waals surface area contributed by atoms with Crippen LogP contribution in [0.15, 0.2) is 35.7 Å². The fraction of sp³-hybridized carbons (Fsp3) is 0.467. The molecule has 3 rings (SSSR count).